The van der Waals surface area contributed by atoms with E-state index in [1.807, 2.05) is 84.9 Å². The average Bonchev–Trinajstić information content (AvgIpc) is 2.87. The average molecular weight is 505 g/mol. The van der Waals surface area contributed by atoms with Gasteiger partial charge >= 0.3 is 0 Å². The Hall–Kier alpha value is -4.18. The summed E-state index contributed by atoms with van der Waals surface area (Å²) >= 11 is 0. The first-order chi connectivity index (χ1) is 17.9. The van der Waals surface area contributed by atoms with Gasteiger partial charge in [0.1, 0.15) is 11.5 Å². The van der Waals surface area contributed by atoms with Crippen LogP contribution in [0.1, 0.15) is 63.8 Å². The third kappa shape index (κ3) is 6.20. The molecule has 194 valence electrons. The van der Waals surface area contributed by atoms with Gasteiger partial charge in [-0.25, -0.2) is 0 Å². The fourth-order valence-corrected chi connectivity index (χ4v) is 4.31. The van der Waals surface area contributed by atoms with Crippen LogP contribution in [0.5, 0.6) is 11.5 Å². The van der Waals surface area contributed by atoms with Crippen LogP contribution in [0.25, 0.3) is 11.1 Å². The third-order valence-corrected chi connectivity index (χ3v) is 6.52. The van der Waals surface area contributed by atoms with Gasteiger partial charge in [-0.2, -0.15) is 0 Å². The number of aromatic hydroxyl groups is 2. The molecule has 0 saturated carbocycles. The Kier molecular flexibility index (Phi) is 7.54. The molecule has 4 heteroatoms. The van der Waals surface area contributed by atoms with E-state index in [9.17, 15) is 10.2 Å². The van der Waals surface area contributed by atoms with Gasteiger partial charge in [-0.1, -0.05) is 90.1 Å². The zero-order valence-electron chi connectivity index (χ0n) is 23.0. The molecule has 0 radical (unpaired) electrons. The molecular formula is C34H36N2O2. The van der Waals surface area contributed by atoms with Gasteiger partial charge in [-0.05, 0) is 69.5 Å². The third-order valence-electron chi connectivity index (χ3n) is 6.52. The maximum Gasteiger partial charge on any atom is 0.128 e. The number of rotatable bonds is 5. The van der Waals surface area contributed by atoms with Crippen molar-refractivity contribution in [1.29, 1.82) is 0 Å². The molecule has 0 bridgehead atoms. The number of nitrogens with zero attached hydrogens (tertiary/aromatic N) is 2. The zero-order chi connectivity index (χ0) is 27.5. The number of aliphatic imine (C=N–C) groups is 2. The van der Waals surface area contributed by atoms with Gasteiger partial charge in [0.15, 0.2) is 0 Å². The highest BCUT2D eigenvalue weighted by molar-refractivity contribution is 5.87. The van der Waals surface area contributed by atoms with Crippen LogP contribution in [-0.4, -0.2) is 22.6 Å². The molecule has 0 amide bonds. The van der Waals surface area contributed by atoms with Crippen molar-refractivity contribution in [2.45, 2.75) is 52.4 Å². The highest BCUT2D eigenvalue weighted by Gasteiger charge is 2.20. The molecule has 0 atom stereocenters. The van der Waals surface area contributed by atoms with Gasteiger partial charge in [0.25, 0.3) is 0 Å². The fraction of sp³-hybridized carbons (Fsp3) is 0.235. The van der Waals surface area contributed by atoms with E-state index in [0.29, 0.717) is 11.1 Å². The number of phenolic OH excluding ortho intramolecular Hbond substituents is 2. The highest BCUT2D eigenvalue weighted by atomic mass is 16.3. The van der Waals surface area contributed by atoms with E-state index in [2.05, 4.69) is 51.5 Å². The lowest BCUT2D eigenvalue weighted by Gasteiger charge is -2.21. The number of hydrogen-bond donors (Lipinski definition) is 2. The second-order valence-corrected chi connectivity index (χ2v) is 11.6. The minimum atomic E-state index is -0.143. The lowest BCUT2D eigenvalue weighted by Crippen LogP contribution is -2.11. The molecule has 0 aliphatic heterocycles. The van der Waals surface area contributed by atoms with E-state index < -0.39 is 0 Å². The normalized spacial score (nSPS) is 12.5. The van der Waals surface area contributed by atoms with Crippen molar-refractivity contribution in [3.05, 3.63) is 107 Å². The minimum Gasteiger partial charge on any atom is -0.507 e. The predicted octanol–water partition coefficient (Wildman–Crippen LogP) is 8.86. The van der Waals surface area contributed by atoms with Crippen LogP contribution in [0, 0.1) is 0 Å². The van der Waals surface area contributed by atoms with Crippen molar-refractivity contribution in [3.8, 4) is 22.6 Å². The van der Waals surface area contributed by atoms with E-state index >= 15 is 0 Å². The number of benzene rings is 4. The molecule has 4 nitrogen and oxygen atoms in total. The van der Waals surface area contributed by atoms with E-state index in [0.717, 1.165) is 33.6 Å². The summed E-state index contributed by atoms with van der Waals surface area (Å²) in [7, 11) is 0. The lowest BCUT2D eigenvalue weighted by molar-refractivity contribution is 0.445. The van der Waals surface area contributed by atoms with E-state index in [1.165, 1.54) is 0 Å². The molecule has 38 heavy (non-hydrogen) atoms. The van der Waals surface area contributed by atoms with Gasteiger partial charge < -0.3 is 10.2 Å². The van der Waals surface area contributed by atoms with Crippen molar-refractivity contribution in [2.24, 2.45) is 9.98 Å². The minimum absolute atomic E-state index is 0.143. The SMILES string of the molecule is CC(C)(C)c1cccc(C=Nc2ccc(-c3ccc(N=Cc4cccc(C(C)(C)C)c4O)cc3)cc2)c1O. The summed E-state index contributed by atoms with van der Waals surface area (Å²) in [5.41, 5.74) is 6.71. The Morgan fingerprint density at radius 3 is 1.16 bits per heavy atom. The van der Waals surface area contributed by atoms with Gasteiger partial charge in [-0.15, -0.1) is 0 Å². The summed E-state index contributed by atoms with van der Waals surface area (Å²) in [6.45, 7) is 12.5. The van der Waals surface area contributed by atoms with Gasteiger partial charge in [-0.3, -0.25) is 9.98 Å². The Morgan fingerprint density at radius 1 is 0.500 bits per heavy atom. The Labute approximate surface area is 226 Å². The molecule has 0 heterocycles. The molecule has 0 spiro atoms. The number of para-hydroxylation sites is 2. The largest absolute Gasteiger partial charge is 0.507 e. The molecule has 0 aliphatic carbocycles. The summed E-state index contributed by atoms with van der Waals surface area (Å²) in [6, 6.07) is 27.5. The molecule has 4 rings (SSSR count). The van der Waals surface area contributed by atoms with Crippen molar-refractivity contribution in [1.82, 2.24) is 0 Å². The second-order valence-electron chi connectivity index (χ2n) is 11.6. The van der Waals surface area contributed by atoms with E-state index in [1.54, 1.807) is 12.4 Å². The quantitative estimate of drug-likeness (QED) is 0.267. The molecule has 2 N–H and O–H groups in total. The molecule has 0 unspecified atom stereocenters. The summed E-state index contributed by atoms with van der Waals surface area (Å²) in [6.07, 6.45) is 3.42. The molecule has 0 fully saturated rings. The van der Waals surface area contributed by atoms with Gasteiger partial charge in [0, 0.05) is 23.6 Å². The Bertz CT molecular complexity index is 1350. The van der Waals surface area contributed by atoms with Gasteiger partial charge in [0.2, 0.25) is 0 Å². The molecule has 0 aliphatic rings. The smallest absolute Gasteiger partial charge is 0.128 e. The highest BCUT2D eigenvalue weighted by Crippen LogP contribution is 2.34. The standard InChI is InChI=1S/C34H36N2O2/c1-33(2,3)29-11-7-9-25(31(29)37)21-35-27-17-13-23(14-18-27)24-15-19-28(20-16-24)36-22-26-10-8-12-30(32(26)38)34(4,5)6/h7-22,37-38H,1-6H3. The summed E-state index contributed by atoms with van der Waals surface area (Å²) in [5, 5.41) is 21.3. The van der Waals surface area contributed by atoms with Crippen molar-refractivity contribution in [3.63, 3.8) is 0 Å². The maximum atomic E-state index is 10.7. The van der Waals surface area contributed by atoms with Crippen LogP contribution in [0.15, 0.2) is 94.9 Å². The first kappa shape index (κ1) is 26.9. The number of hydrogen-bond acceptors (Lipinski definition) is 4. The number of phenols is 2. The van der Waals surface area contributed by atoms with E-state index in [-0.39, 0.29) is 22.3 Å². The molecule has 0 aromatic heterocycles. The van der Waals surface area contributed by atoms with Crippen molar-refractivity contribution >= 4 is 23.8 Å². The monoisotopic (exact) mass is 504 g/mol. The maximum absolute atomic E-state index is 10.7. The first-order valence-corrected chi connectivity index (χ1v) is 12.9. The van der Waals surface area contributed by atoms with Crippen molar-refractivity contribution < 1.29 is 10.2 Å². The van der Waals surface area contributed by atoms with Crippen LogP contribution in [0.3, 0.4) is 0 Å². The lowest BCUT2D eigenvalue weighted by atomic mass is 9.85. The summed E-state index contributed by atoms with van der Waals surface area (Å²) in [5.74, 6) is 0.556. The summed E-state index contributed by atoms with van der Waals surface area (Å²) in [4.78, 5) is 9.13. The molecule has 4 aromatic rings. The van der Waals surface area contributed by atoms with Crippen LogP contribution in [0.2, 0.25) is 0 Å². The zero-order valence-corrected chi connectivity index (χ0v) is 23.0. The van der Waals surface area contributed by atoms with Crippen LogP contribution >= 0.6 is 0 Å². The second kappa shape index (κ2) is 10.7. The van der Waals surface area contributed by atoms with E-state index in [4.69, 9.17) is 0 Å². The van der Waals surface area contributed by atoms with Crippen LogP contribution in [0.4, 0.5) is 11.4 Å². The summed E-state index contributed by atoms with van der Waals surface area (Å²) < 4.78 is 0. The van der Waals surface area contributed by atoms with Gasteiger partial charge in [0.05, 0.1) is 11.4 Å². The fourth-order valence-electron chi connectivity index (χ4n) is 4.31. The Morgan fingerprint density at radius 2 is 0.842 bits per heavy atom. The predicted molar refractivity (Wildman–Crippen MR) is 160 cm³/mol. The topological polar surface area (TPSA) is 65.2 Å². The molecule has 4 aromatic carbocycles. The first-order valence-electron chi connectivity index (χ1n) is 12.9. The molecular weight excluding hydrogens is 468 g/mol. The van der Waals surface area contributed by atoms with Crippen LogP contribution < -0.4 is 0 Å². The van der Waals surface area contributed by atoms with Crippen LogP contribution in [-0.2, 0) is 10.8 Å². The van der Waals surface area contributed by atoms with Crippen molar-refractivity contribution in [2.75, 3.05) is 0 Å². The molecule has 0 saturated heterocycles. The Balaban J connectivity index is 1.47.